The zero-order chi connectivity index (χ0) is 7.24. The fourth-order valence-corrected chi connectivity index (χ4v) is 2.16. The van der Waals surface area contributed by atoms with Gasteiger partial charge < -0.3 is 5.32 Å². The SMILES string of the molecule is CC1(F)CNC2(CCC2)C1. The second kappa shape index (κ2) is 1.73. The first-order chi connectivity index (χ1) is 4.62. The summed E-state index contributed by atoms with van der Waals surface area (Å²) in [7, 11) is 0. The van der Waals surface area contributed by atoms with Crippen molar-refractivity contribution in [2.45, 2.75) is 43.8 Å². The molecule has 1 aliphatic carbocycles. The Morgan fingerprint density at radius 2 is 2.10 bits per heavy atom. The maximum Gasteiger partial charge on any atom is 0.122 e. The molecule has 1 spiro atoms. The van der Waals surface area contributed by atoms with Crippen LogP contribution in [0.5, 0.6) is 0 Å². The molecule has 10 heavy (non-hydrogen) atoms. The molecule has 2 heteroatoms. The summed E-state index contributed by atoms with van der Waals surface area (Å²) >= 11 is 0. The molecular formula is C8H14FN. The smallest absolute Gasteiger partial charge is 0.122 e. The van der Waals surface area contributed by atoms with Gasteiger partial charge in [0.2, 0.25) is 0 Å². The van der Waals surface area contributed by atoms with E-state index in [9.17, 15) is 4.39 Å². The maximum absolute atomic E-state index is 13.3. The highest BCUT2D eigenvalue weighted by Crippen LogP contribution is 2.43. The molecule has 0 aromatic rings. The van der Waals surface area contributed by atoms with Crippen molar-refractivity contribution in [3.8, 4) is 0 Å². The molecule has 0 amide bonds. The Hall–Kier alpha value is -0.110. The molecule has 0 aromatic carbocycles. The highest BCUT2D eigenvalue weighted by molar-refractivity contribution is 5.07. The van der Waals surface area contributed by atoms with Crippen LogP contribution in [0.1, 0.15) is 32.6 Å². The molecule has 0 radical (unpaired) electrons. The normalized spacial score (nSPS) is 43.8. The van der Waals surface area contributed by atoms with E-state index < -0.39 is 5.67 Å². The first kappa shape index (κ1) is 6.59. The van der Waals surface area contributed by atoms with Gasteiger partial charge in [-0.25, -0.2) is 4.39 Å². The molecule has 2 rings (SSSR count). The first-order valence-electron chi connectivity index (χ1n) is 4.06. The minimum atomic E-state index is -0.930. The lowest BCUT2D eigenvalue weighted by Crippen LogP contribution is -2.45. The van der Waals surface area contributed by atoms with Gasteiger partial charge in [-0.05, 0) is 26.2 Å². The van der Waals surface area contributed by atoms with Gasteiger partial charge in [0.25, 0.3) is 0 Å². The number of hydrogen-bond acceptors (Lipinski definition) is 1. The molecule has 1 saturated carbocycles. The summed E-state index contributed by atoms with van der Waals surface area (Å²) < 4.78 is 13.3. The van der Waals surface area contributed by atoms with E-state index in [-0.39, 0.29) is 5.54 Å². The van der Waals surface area contributed by atoms with Crippen molar-refractivity contribution in [1.29, 1.82) is 0 Å². The molecule has 1 aliphatic heterocycles. The molecule has 0 aromatic heterocycles. The van der Waals surface area contributed by atoms with E-state index in [0.29, 0.717) is 6.54 Å². The van der Waals surface area contributed by atoms with Crippen LogP contribution in [0.2, 0.25) is 0 Å². The third-order valence-electron chi connectivity index (χ3n) is 2.85. The average molecular weight is 143 g/mol. The Morgan fingerprint density at radius 3 is 2.30 bits per heavy atom. The van der Waals surface area contributed by atoms with Crippen LogP contribution in [0.4, 0.5) is 4.39 Å². The standard InChI is InChI=1S/C8H14FN/c1-7(9)5-8(10-6-7)3-2-4-8/h10H,2-6H2,1H3. The third-order valence-corrected chi connectivity index (χ3v) is 2.85. The van der Waals surface area contributed by atoms with Crippen LogP contribution < -0.4 is 5.32 Å². The summed E-state index contributed by atoms with van der Waals surface area (Å²) in [6, 6.07) is 0. The van der Waals surface area contributed by atoms with Gasteiger partial charge in [0.05, 0.1) is 0 Å². The molecule has 1 heterocycles. The van der Waals surface area contributed by atoms with Gasteiger partial charge >= 0.3 is 0 Å². The van der Waals surface area contributed by atoms with E-state index >= 15 is 0 Å². The third kappa shape index (κ3) is 0.858. The highest BCUT2D eigenvalue weighted by atomic mass is 19.1. The molecule has 58 valence electrons. The molecule has 2 aliphatic rings. The molecule has 1 nitrogen and oxygen atoms in total. The van der Waals surface area contributed by atoms with Crippen LogP contribution in [0, 0.1) is 0 Å². The van der Waals surface area contributed by atoms with Crippen LogP contribution >= 0.6 is 0 Å². The summed E-state index contributed by atoms with van der Waals surface area (Å²) in [5, 5.41) is 3.28. The van der Waals surface area contributed by atoms with Crippen LogP contribution in [-0.4, -0.2) is 17.8 Å². The Bertz CT molecular complexity index is 149. The van der Waals surface area contributed by atoms with Crippen molar-refractivity contribution in [2.24, 2.45) is 0 Å². The second-order valence-electron chi connectivity index (χ2n) is 4.08. The predicted molar refractivity (Wildman–Crippen MR) is 38.7 cm³/mol. The Balaban J connectivity index is 2.05. The zero-order valence-electron chi connectivity index (χ0n) is 6.41. The summed E-state index contributed by atoms with van der Waals surface area (Å²) in [5.41, 5.74) is -0.704. The summed E-state index contributed by atoms with van der Waals surface area (Å²) in [5.74, 6) is 0. The Kier molecular flexibility index (Phi) is 1.14. The highest BCUT2D eigenvalue weighted by Gasteiger charge is 2.48. The summed E-state index contributed by atoms with van der Waals surface area (Å²) in [6.45, 7) is 2.26. The zero-order valence-corrected chi connectivity index (χ0v) is 6.41. The van der Waals surface area contributed by atoms with Crippen molar-refractivity contribution >= 4 is 0 Å². The second-order valence-corrected chi connectivity index (χ2v) is 4.08. The predicted octanol–water partition coefficient (Wildman–Crippen LogP) is 1.63. The van der Waals surface area contributed by atoms with Crippen LogP contribution in [-0.2, 0) is 0 Å². The van der Waals surface area contributed by atoms with E-state index in [1.54, 1.807) is 6.92 Å². The van der Waals surface area contributed by atoms with E-state index in [0.717, 1.165) is 6.42 Å². The topological polar surface area (TPSA) is 12.0 Å². The molecular weight excluding hydrogens is 129 g/mol. The summed E-state index contributed by atoms with van der Waals surface area (Å²) in [6.07, 6.45) is 4.39. The molecule has 1 saturated heterocycles. The van der Waals surface area contributed by atoms with Crippen LogP contribution in [0.3, 0.4) is 0 Å². The quantitative estimate of drug-likeness (QED) is 0.543. The van der Waals surface area contributed by atoms with Crippen molar-refractivity contribution < 1.29 is 4.39 Å². The van der Waals surface area contributed by atoms with Crippen molar-refractivity contribution in [3.63, 3.8) is 0 Å². The van der Waals surface area contributed by atoms with Gasteiger partial charge in [0, 0.05) is 18.5 Å². The Labute approximate surface area is 61.0 Å². The molecule has 1 N–H and O–H groups in total. The van der Waals surface area contributed by atoms with E-state index in [2.05, 4.69) is 5.32 Å². The Morgan fingerprint density at radius 1 is 1.40 bits per heavy atom. The fourth-order valence-electron chi connectivity index (χ4n) is 2.16. The number of halogens is 1. The molecule has 0 bridgehead atoms. The van der Waals surface area contributed by atoms with Gasteiger partial charge in [-0.15, -0.1) is 0 Å². The lowest BCUT2D eigenvalue weighted by atomic mass is 9.74. The van der Waals surface area contributed by atoms with Crippen LogP contribution in [0.25, 0.3) is 0 Å². The number of hydrogen-bond donors (Lipinski definition) is 1. The van der Waals surface area contributed by atoms with Gasteiger partial charge in [0.1, 0.15) is 5.67 Å². The van der Waals surface area contributed by atoms with Crippen molar-refractivity contribution in [2.75, 3.05) is 6.54 Å². The maximum atomic E-state index is 13.3. The molecule has 2 fully saturated rings. The molecule has 1 atom stereocenters. The van der Waals surface area contributed by atoms with Crippen LogP contribution in [0.15, 0.2) is 0 Å². The van der Waals surface area contributed by atoms with Gasteiger partial charge in [-0.2, -0.15) is 0 Å². The van der Waals surface area contributed by atoms with E-state index in [1.807, 2.05) is 0 Å². The van der Waals surface area contributed by atoms with Gasteiger partial charge in [0.15, 0.2) is 0 Å². The minimum absolute atomic E-state index is 0.226. The number of alkyl halides is 1. The summed E-state index contributed by atoms with van der Waals surface area (Å²) in [4.78, 5) is 0. The minimum Gasteiger partial charge on any atom is -0.308 e. The first-order valence-corrected chi connectivity index (χ1v) is 4.06. The van der Waals surface area contributed by atoms with Crippen molar-refractivity contribution in [3.05, 3.63) is 0 Å². The lowest BCUT2D eigenvalue weighted by molar-refractivity contribution is 0.160. The van der Waals surface area contributed by atoms with E-state index in [1.165, 1.54) is 19.3 Å². The average Bonchev–Trinajstić information content (AvgIpc) is 2.04. The molecule has 1 unspecified atom stereocenters. The number of nitrogens with one attached hydrogen (secondary N) is 1. The van der Waals surface area contributed by atoms with E-state index in [4.69, 9.17) is 0 Å². The van der Waals surface area contributed by atoms with Crippen molar-refractivity contribution in [1.82, 2.24) is 5.32 Å². The van der Waals surface area contributed by atoms with Gasteiger partial charge in [-0.1, -0.05) is 0 Å². The lowest BCUT2D eigenvalue weighted by Gasteiger charge is -2.38. The van der Waals surface area contributed by atoms with Gasteiger partial charge in [-0.3, -0.25) is 0 Å². The monoisotopic (exact) mass is 143 g/mol. The number of rotatable bonds is 0. The largest absolute Gasteiger partial charge is 0.308 e. The fraction of sp³-hybridized carbons (Fsp3) is 1.00.